The van der Waals surface area contributed by atoms with Gasteiger partial charge in [-0.1, -0.05) is 6.07 Å². The van der Waals surface area contributed by atoms with Gasteiger partial charge in [0.05, 0.1) is 18.5 Å². The first-order valence-corrected chi connectivity index (χ1v) is 8.15. The molecule has 1 aliphatic rings. The van der Waals surface area contributed by atoms with Crippen LogP contribution in [-0.4, -0.2) is 33.5 Å². The number of ether oxygens (including phenoxy) is 1. The maximum atomic E-state index is 5.21. The summed E-state index contributed by atoms with van der Waals surface area (Å²) in [4.78, 5) is 14.9. The van der Waals surface area contributed by atoms with Crippen LogP contribution in [0.1, 0.15) is 17.0 Å². The largest absolute Gasteiger partial charge is 0.497 e. The van der Waals surface area contributed by atoms with Gasteiger partial charge in [0.1, 0.15) is 11.6 Å². The highest BCUT2D eigenvalue weighted by Crippen LogP contribution is 2.25. The molecule has 0 spiro atoms. The van der Waals surface area contributed by atoms with Crippen LogP contribution in [0.4, 0.5) is 0 Å². The fraction of sp³-hybridized carbons (Fsp3) is 0.263. The van der Waals surface area contributed by atoms with Crippen LogP contribution in [0.2, 0.25) is 0 Å². The molecule has 3 heterocycles. The molecule has 1 N–H and O–H groups in total. The van der Waals surface area contributed by atoms with Gasteiger partial charge < -0.3 is 9.72 Å². The Balaban J connectivity index is 1.51. The fourth-order valence-corrected chi connectivity index (χ4v) is 3.12. The molecule has 0 amide bonds. The first-order chi connectivity index (χ1) is 11.8. The molecule has 4 rings (SSSR count). The van der Waals surface area contributed by atoms with Crippen molar-refractivity contribution in [1.29, 1.82) is 0 Å². The summed E-state index contributed by atoms with van der Waals surface area (Å²) in [5, 5.41) is 0. The van der Waals surface area contributed by atoms with Crippen LogP contribution < -0.4 is 4.74 Å². The molecule has 0 aliphatic carbocycles. The van der Waals surface area contributed by atoms with E-state index in [9.17, 15) is 0 Å². The van der Waals surface area contributed by atoms with E-state index in [0.717, 1.165) is 43.2 Å². The van der Waals surface area contributed by atoms with E-state index in [1.165, 1.54) is 17.0 Å². The number of aromatic amines is 1. The third-order valence-corrected chi connectivity index (χ3v) is 4.40. The summed E-state index contributed by atoms with van der Waals surface area (Å²) in [5.41, 5.74) is 4.74. The monoisotopic (exact) mass is 320 g/mol. The van der Waals surface area contributed by atoms with E-state index in [0.29, 0.717) is 0 Å². The first kappa shape index (κ1) is 14.9. The Kier molecular flexibility index (Phi) is 4.01. The highest BCUT2D eigenvalue weighted by Gasteiger charge is 2.20. The molecule has 0 unspecified atom stereocenters. The van der Waals surface area contributed by atoms with Crippen LogP contribution >= 0.6 is 0 Å². The van der Waals surface area contributed by atoms with Gasteiger partial charge in [0.15, 0.2) is 0 Å². The van der Waals surface area contributed by atoms with Crippen LogP contribution in [-0.2, 0) is 19.5 Å². The van der Waals surface area contributed by atoms with Crippen molar-refractivity contribution in [2.45, 2.75) is 19.5 Å². The maximum Gasteiger partial charge on any atom is 0.137 e. The van der Waals surface area contributed by atoms with Crippen molar-refractivity contribution in [2.75, 3.05) is 13.7 Å². The zero-order chi connectivity index (χ0) is 16.4. The van der Waals surface area contributed by atoms with Gasteiger partial charge in [0.25, 0.3) is 0 Å². The number of benzene rings is 1. The number of aromatic nitrogens is 3. The van der Waals surface area contributed by atoms with Crippen molar-refractivity contribution in [1.82, 2.24) is 19.9 Å². The molecular formula is C19H20N4O. The molecule has 122 valence electrons. The minimum Gasteiger partial charge on any atom is -0.497 e. The standard InChI is InChI=1S/C19H20N4O/c1-24-16-6-4-15(5-7-16)19-21-17-8-10-23(13-18(17)22-19)12-14-3-2-9-20-11-14/h2-7,9,11H,8,10,12-13H2,1H3,(H,21,22). The lowest BCUT2D eigenvalue weighted by Gasteiger charge is -2.25. The van der Waals surface area contributed by atoms with Crippen LogP contribution in [0, 0.1) is 0 Å². The maximum absolute atomic E-state index is 5.21. The Bertz CT molecular complexity index is 811. The molecule has 0 saturated carbocycles. The van der Waals surface area contributed by atoms with E-state index < -0.39 is 0 Å². The van der Waals surface area contributed by atoms with Gasteiger partial charge in [-0.15, -0.1) is 0 Å². The quantitative estimate of drug-likeness (QED) is 0.803. The Labute approximate surface area is 141 Å². The van der Waals surface area contributed by atoms with Crippen molar-refractivity contribution in [3.8, 4) is 17.1 Å². The van der Waals surface area contributed by atoms with Gasteiger partial charge >= 0.3 is 0 Å². The van der Waals surface area contributed by atoms with Crippen LogP contribution in [0.25, 0.3) is 11.4 Å². The Hall–Kier alpha value is -2.66. The predicted octanol–water partition coefficient (Wildman–Crippen LogP) is 3.04. The van der Waals surface area contributed by atoms with Crippen LogP contribution in [0.3, 0.4) is 0 Å². The summed E-state index contributed by atoms with van der Waals surface area (Å²) < 4.78 is 5.21. The van der Waals surface area contributed by atoms with E-state index in [-0.39, 0.29) is 0 Å². The molecule has 2 aromatic heterocycles. The number of imidazole rings is 1. The lowest BCUT2D eigenvalue weighted by atomic mass is 10.1. The Morgan fingerprint density at radius 1 is 1.21 bits per heavy atom. The molecule has 1 aliphatic heterocycles. The zero-order valence-electron chi connectivity index (χ0n) is 13.7. The summed E-state index contributed by atoms with van der Waals surface area (Å²) in [6.45, 7) is 2.84. The molecule has 3 aromatic rings. The summed E-state index contributed by atoms with van der Waals surface area (Å²) >= 11 is 0. The number of nitrogens with one attached hydrogen (secondary N) is 1. The number of nitrogens with zero attached hydrogens (tertiary/aromatic N) is 3. The minimum atomic E-state index is 0.859. The van der Waals surface area contributed by atoms with E-state index in [1.54, 1.807) is 7.11 Å². The van der Waals surface area contributed by atoms with Gasteiger partial charge in [-0.25, -0.2) is 4.98 Å². The summed E-state index contributed by atoms with van der Waals surface area (Å²) in [6, 6.07) is 12.1. The van der Waals surface area contributed by atoms with Crippen molar-refractivity contribution < 1.29 is 4.74 Å². The normalized spacial score (nSPS) is 14.4. The second kappa shape index (κ2) is 6.45. The van der Waals surface area contributed by atoms with E-state index in [4.69, 9.17) is 9.72 Å². The molecule has 1 aromatic carbocycles. The number of methoxy groups -OCH3 is 1. The minimum absolute atomic E-state index is 0.859. The molecule has 0 fully saturated rings. The van der Waals surface area contributed by atoms with Gasteiger partial charge in [-0.05, 0) is 35.9 Å². The molecule has 5 nitrogen and oxygen atoms in total. The number of fused-ring (bicyclic) bond motifs is 1. The smallest absolute Gasteiger partial charge is 0.137 e. The summed E-state index contributed by atoms with van der Waals surface area (Å²) in [7, 11) is 1.68. The molecule has 5 heteroatoms. The molecule has 0 bridgehead atoms. The number of pyridine rings is 1. The van der Waals surface area contributed by atoms with Gasteiger partial charge in [-0.3, -0.25) is 9.88 Å². The number of hydrogen-bond acceptors (Lipinski definition) is 4. The summed E-state index contributed by atoms with van der Waals surface area (Å²) in [6.07, 6.45) is 4.72. The lowest BCUT2D eigenvalue weighted by Crippen LogP contribution is -2.30. The number of hydrogen-bond donors (Lipinski definition) is 1. The SMILES string of the molecule is COc1ccc(-c2nc3c([nH]2)CN(Cc2cccnc2)CC3)cc1. The van der Waals surface area contributed by atoms with Gasteiger partial charge in [-0.2, -0.15) is 0 Å². The Morgan fingerprint density at radius 2 is 2.08 bits per heavy atom. The lowest BCUT2D eigenvalue weighted by molar-refractivity contribution is 0.241. The van der Waals surface area contributed by atoms with Crippen molar-refractivity contribution in [2.24, 2.45) is 0 Å². The van der Waals surface area contributed by atoms with E-state index >= 15 is 0 Å². The van der Waals surface area contributed by atoms with Gasteiger partial charge in [0.2, 0.25) is 0 Å². The molecular weight excluding hydrogens is 300 g/mol. The molecule has 0 radical (unpaired) electrons. The van der Waals surface area contributed by atoms with Crippen LogP contribution in [0.15, 0.2) is 48.8 Å². The number of H-pyrrole nitrogens is 1. The average Bonchev–Trinajstić information content (AvgIpc) is 3.06. The van der Waals surface area contributed by atoms with E-state index in [2.05, 4.69) is 20.9 Å². The van der Waals surface area contributed by atoms with Crippen molar-refractivity contribution in [3.63, 3.8) is 0 Å². The molecule has 0 atom stereocenters. The van der Waals surface area contributed by atoms with Gasteiger partial charge in [0, 0.05) is 44.0 Å². The second-order valence-corrected chi connectivity index (χ2v) is 6.06. The second-order valence-electron chi connectivity index (χ2n) is 6.06. The molecule has 24 heavy (non-hydrogen) atoms. The average molecular weight is 320 g/mol. The molecule has 0 saturated heterocycles. The van der Waals surface area contributed by atoms with Crippen molar-refractivity contribution in [3.05, 3.63) is 65.7 Å². The predicted molar refractivity (Wildman–Crippen MR) is 92.6 cm³/mol. The third kappa shape index (κ3) is 3.03. The van der Waals surface area contributed by atoms with E-state index in [1.807, 2.05) is 42.7 Å². The Morgan fingerprint density at radius 3 is 2.83 bits per heavy atom. The highest BCUT2D eigenvalue weighted by atomic mass is 16.5. The fourth-order valence-electron chi connectivity index (χ4n) is 3.12. The highest BCUT2D eigenvalue weighted by molar-refractivity contribution is 5.57. The van der Waals surface area contributed by atoms with Crippen molar-refractivity contribution >= 4 is 0 Å². The third-order valence-electron chi connectivity index (χ3n) is 4.40. The number of rotatable bonds is 4. The summed E-state index contributed by atoms with van der Waals surface area (Å²) in [5.74, 6) is 1.79. The zero-order valence-corrected chi connectivity index (χ0v) is 13.7. The van der Waals surface area contributed by atoms with Crippen LogP contribution in [0.5, 0.6) is 5.75 Å². The topological polar surface area (TPSA) is 54.0 Å². The first-order valence-electron chi connectivity index (χ1n) is 8.15.